The Labute approximate surface area is 158 Å². The molecule has 0 saturated carbocycles. The second-order valence-corrected chi connectivity index (χ2v) is 8.37. The lowest BCUT2D eigenvalue weighted by atomic mass is 9.92. The molecule has 0 saturated heterocycles. The molecule has 0 atom stereocenters. The average Bonchev–Trinajstić information content (AvgIpc) is 2.56. The first-order chi connectivity index (χ1) is 12.1. The minimum atomic E-state index is -4.16. The van der Waals surface area contributed by atoms with Crippen molar-refractivity contribution in [3.8, 4) is 0 Å². The molecule has 0 aliphatic heterocycles. The Morgan fingerprint density at radius 2 is 1.54 bits per heavy atom. The van der Waals surface area contributed by atoms with Crippen LogP contribution in [0.5, 0.6) is 0 Å². The number of carbonyl (C=O) groups excluding carboxylic acids is 1. The summed E-state index contributed by atoms with van der Waals surface area (Å²) < 4.78 is 26.3. The lowest BCUT2D eigenvalue weighted by Crippen LogP contribution is -2.35. The monoisotopic (exact) mass is 396 g/mol. The van der Waals surface area contributed by atoms with Crippen molar-refractivity contribution in [2.75, 3.05) is 5.32 Å². The van der Waals surface area contributed by atoms with Crippen LogP contribution in [-0.2, 0) is 10.0 Å². The van der Waals surface area contributed by atoms with E-state index in [1.54, 1.807) is 12.1 Å². The predicted octanol–water partition coefficient (Wildman–Crippen LogP) is 3.89. The highest BCUT2D eigenvalue weighted by Gasteiger charge is 2.23. The van der Waals surface area contributed by atoms with Gasteiger partial charge in [0, 0.05) is 23.1 Å². The second kappa shape index (κ2) is 8.01. The maximum atomic E-state index is 12.3. The summed E-state index contributed by atoms with van der Waals surface area (Å²) in [6, 6.07) is 4.13. The smallest absolute Gasteiger partial charge is 0.307 e. The molecule has 7 nitrogen and oxygen atoms in total. The van der Waals surface area contributed by atoms with E-state index in [1.807, 2.05) is 32.4 Å². The number of benzene rings is 1. The molecule has 2 N–H and O–H groups in total. The first-order valence-electron chi connectivity index (χ1n) is 8.06. The van der Waals surface area contributed by atoms with Gasteiger partial charge in [0.15, 0.2) is 0 Å². The topological polar surface area (TPSA) is 101 Å². The van der Waals surface area contributed by atoms with Crippen molar-refractivity contribution in [3.63, 3.8) is 0 Å². The molecule has 2 aromatic rings. The van der Waals surface area contributed by atoms with E-state index < -0.39 is 21.2 Å². The van der Waals surface area contributed by atoms with Crippen LogP contribution < -0.4 is 10.0 Å². The maximum Gasteiger partial charge on any atom is 0.333 e. The molecule has 1 aromatic carbocycles. The Morgan fingerprint density at radius 1 is 1.04 bits per heavy atom. The van der Waals surface area contributed by atoms with E-state index in [-0.39, 0.29) is 11.8 Å². The van der Waals surface area contributed by atoms with Gasteiger partial charge in [0.05, 0.1) is 0 Å². The van der Waals surface area contributed by atoms with Crippen LogP contribution in [0.1, 0.15) is 50.7 Å². The van der Waals surface area contributed by atoms with Crippen molar-refractivity contribution in [1.82, 2.24) is 14.7 Å². The summed E-state index contributed by atoms with van der Waals surface area (Å²) in [6.45, 7) is 7.86. The molecule has 0 fully saturated rings. The number of carbonyl (C=O) groups is 1. The normalized spacial score (nSPS) is 11.7. The van der Waals surface area contributed by atoms with E-state index in [4.69, 9.17) is 11.6 Å². The Hall–Kier alpha value is -2.19. The molecule has 0 bridgehead atoms. The Morgan fingerprint density at radius 3 is 2.00 bits per heavy atom. The number of amides is 2. The van der Waals surface area contributed by atoms with Crippen molar-refractivity contribution >= 4 is 33.3 Å². The summed E-state index contributed by atoms with van der Waals surface area (Å²) in [6.07, 6.45) is 2.57. The number of sulfonamides is 1. The van der Waals surface area contributed by atoms with Gasteiger partial charge >= 0.3 is 16.1 Å². The molecule has 1 aromatic heterocycles. The van der Waals surface area contributed by atoms with Crippen molar-refractivity contribution in [2.24, 2.45) is 0 Å². The van der Waals surface area contributed by atoms with Crippen molar-refractivity contribution < 1.29 is 13.2 Å². The Balaban J connectivity index is 2.34. The number of rotatable bonds is 5. The summed E-state index contributed by atoms with van der Waals surface area (Å²) in [7, 11) is -4.16. The predicted molar refractivity (Wildman–Crippen MR) is 101 cm³/mol. The highest BCUT2D eigenvalue weighted by molar-refractivity contribution is 7.89. The van der Waals surface area contributed by atoms with Gasteiger partial charge in [-0.15, -0.1) is 0 Å². The van der Waals surface area contributed by atoms with Gasteiger partial charge in [-0.25, -0.2) is 19.5 Å². The fourth-order valence-corrected chi connectivity index (χ4v) is 3.46. The average molecular weight is 397 g/mol. The molecule has 2 amide bonds. The first-order valence-corrected chi connectivity index (χ1v) is 9.92. The zero-order valence-corrected chi connectivity index (χ0v) is 16.5. The van der Waals surface area contributed by atoms with Crippen LogP contribution in [0.25, 0.3) is 0 Å². The van der Waals surface area contributed by atoms with Crippen LogP contribution in [0.3, 0.4) is 0 Å². The lowest BCUT2D eigenvalue weighted by molar-refractivity contribution is 0.256. The molecule has 0 radical (unpaired) electrons. The minimum absolute atomic E-state index is 0.0792. The molecule has 9 heteroatoms. The molecule has 140 valence electrons. The van der Waals surface area contributed by atoms with E-state index in [0.717, 1.165) is 11.1 Å². The van der Waals surface area contributed by atoms with Gasteiger partial charge in [-0.3, -0.25) is 0 Å². The fraction of sp³-hybridized carbons (Fsp3) is 0.353. The SMILES string of the molecule is CC(C)c1cc(Cl)cc(C(C)C)c1NC(=O)NS(=O)(=O)c1ncccn1. The number of hydrogen-bond acceptors (Lipinski definition) is 5. The minimum Gasteiger partial charge on any atom is -0.307 e. The third kappa shape index (κ3) is 4.70. The number of nitrogens with one attached hydrogen (secondary N) is 2. The highest BCUT2D eigenvalue weighted by Crippen LogP contribution is 2.35. The van der Waals surface area contributed by atoms with Gasteiger partial charge in [0.25, 0.3) is 5.16 Å². The third-order valence-corrected chi connectivity index (χ3v) is 5.02. The molecule has 0 spiro atoms. The van der Waals surface area contributed by atoms with Gasteiger partial charge in [-0.05, 0) is 41.2 Å². The number of urea groups is 1. The first kappa shape index (κ1) is 20.1. The number of nitrogens with zero attached hydrogens (tertiary/aromatic N) is 2. The molecular weight excluding hydrogens is 376 g/mol. The van der Waals surface area contributed by atoms with Crippen molar-refractivity contribution in [3.05, 3.63) is 46.7 Å². The van der Waals surface area contributed by atoms with Crippen LogP contribution in [0.2, 0.25) is 5.02 Å². The van der Waals surface area contributed by atoms with E-state index in [0.29, 0.717) is 10.7 Å². The summed E-state index contributed by atoms with van der Waals surface area (Å²) in [4.78, 5) is 19.7. The van der Waals surface area contributed by atoms with E-state index >= 15 is 0 Å². The van der Waals surface area contributed by atoms with Gasteiger partial charge in [0.2, 0.25) is 0 Å². The molecule has 0 unspecified atom stereocenters. The highest BCUT2D eigenvalue weighted by atomic mass is 35.5. The summed E-state index contributed by atoms with van der Waals surface area (Å²) >= 11 is 6.19. The summed E-state index contributed by atoms with van der Waals surface area (Å²) in [5, 5.41) is 2.74. The number of anilines is 1. The van der Waals surface area contributed by atoms with Gasteiger partial charge in [0.1, 0.15) is 0 Å². The Bertz CT molecular complexity index is 870. The van der Waals surface area contributed by atoms with Gasteiger partial charge < -0.3 is 5.32 Å². The fourth-order valence-electron chi connectivity index (χ4n) is 2.44. The van der Waals surface area contributed by atoms with E-state index in [2.05, 4.69) is 15.3 Å². The molecule has 0 aliphatic carbocycles. The van der Waals surface area contributed by atoms with Gasteiger partial charge in [-0.1, -0.05) is 39.3 Å². The largest absolute Gasteiger partial charge is 0.333 e. The van der Waals surface area contributed by atoms with Crippen LogP contribution in [0, 0.1) is 0 Å². The van der Waals surface area contributed by atoms with E-state index in [9.17, 15) is 13.2 Å². The molecule has 0 aliphatic rings. The lowest BCUT2D eigenvalue weighted by Gasteiger charge is -2.21. The Kier molecular flexibility index (Phi) is 6.20. The summed E-state index contributed by atoms with van der Waals surface area (Å²) in [5.41, 5.74) is 2.20. The zero-order valence-electron chi connectivity index (χ0n) is 14.9. The molecular formula is C17H21ClN4O3S. The van der Waals surface area contributed by atoms with E-state index in [1.165, 1.54) is 18.5 Å². The molecule has 1 heterocycles. The van der Waals surface area contributed by atoms with Crippen LogP contribution in [-0.4, -0.2) is 24.4 Å². The number of halogens is 1. The van der Waals surface area contributed by atoms with Crippen LogP contribution in [0.4, 0.5) is 10.5 Å². The quantitative estimate of drug-likeness (QED) is 0.746. The standard InChI is InChI=1S/C17H21ClN4O3S/c1-10(2)13-8-12(18)9-14(11(3)4)15(13)21-16(23)22-26(24,25)17-19-6-5-7-20-17/h5-11H,1-4H3,(H2,21,22,23). The van der Waals surface area contributed by atoms with Gasteiger partial charge in [-0.2, -0.15) is 8.42 Å². The number of aromatic nitrogens is 2. The van der Waals surface area contributed by atoms with Crippen LogP contribution in [0.15, 0.2) is 35.7 Å². The van der Waals surface area contributed by atoms with Crippen LogP contribution >= 0.6 is 11.6 Å². The molecule has 2 rings (SSSR count). The second-order valence-electron chi connectivity index (χ2n) is 6.36. The third-order valence-electron chi connectivity index (χ3n) is 3.66. The van der Waals surface area contributed by atoms with Crippen molar-refractivity contribution in [2.45, 2.75) is 44.7 Å². The number of hydrogen-bond donors (Lipinski definition) is 2. The maximum absolute atomic E-state index is 12.3. The molecule has 26 heavy (non-hydrogen) atoms. The van der Waals surface area contributed by atoms with Crippen molar-refractivity contribution in [1.29, 1.82) is 0 Å². The zero-order chi connectivity index (χ0) is 19.5. The summed E-state index contributed by atoms with van der Waals surface area (Å²) in [5.74, 6) is 0.158.